The van der Waals surface area contributed by atoms with Gasteiger partial charge < -0.3 is 0 Å². The van der Waals surface area contributed by atoms with Gasteiger partial charge in [-0.25, -0.2) is 16.8 Å². The van der Waals surface area contributed by atoms with Crippen LogP contribution in [0.1, 0.15) is 36.8 Å². The molecule has 146 valence electrons. The Kier molecular flexibility index (Phi) is 5.59. The number of benzene rings is 1. The molecule has 0 saturated carbocycles. The van der Waals surface area contributed by atoms with Crippen molar-refractivity contribution >= 4 is 42.8 Å². The number of anilines is 1. The van der Waals surface area contributed by atoms with E-state index in [1.807, 2.05) is 17.5 Å². The van der Waals surface area contributed by atoms with Crippen LogP contribution in [-0.4, -0.2) is 38.5 Å². The van der Waals surface area contributed by atoms with Crippen LogP contribution < -0.4 is 4.72 Å². The predicted molar refractivity (Wildman–Crippen MR) is 109 cm³/mol. The van der Waals surface area contributed by atoms with Crippen LogP contribution in [0, 0.1) is 0 Å². The van der Waals surface area contributed by atoms with Gasteiger partial charge in [0.1, 0.15) is 6.04 Å². The second-order valence-corrected chi connectivity index (χ2v) is 11.1. The van der Waals surface area contributed by atoms with Gasteiger partial charge in [-0.2, -0.15) is 9.52 Å². The normalized spacial score (nSPS) is 17.8. The van der Waals surface area contributed by atoms with Crippen LogP contribution >= 0.6 is 11.3 Å². The predicted octanol–water partition coefficient (Wildman–Crippen LogP) is 3.01. The maximum Gasteiger partial charge on any atom is 0.250 e. The zero-order valence-electron chi connectivity index (χ0n) is 15.0. The van der Waals surface area contributed by atoms with Gasteiger partial charge in [-0.15, -0.1) is 11.3 Å². The van der Waals surface area contributed by atoms with E-state index in [0.29, 0.717) is 23.4 Å². The maximum absolute atomic E-state index is 12.5. The summed E-state index contributed by atoms with van der Waals surface area (Å²) in [5.41, 5.74) is 1.74. The largest absolute Gasteiger partial charge is 0.284 e. The molecule has 0 saturated heterocycles. The van der Waals surface area contributed by atoms with E-state index in [4.69, 9.17) is 0 Å². The van der Waals surface area contributed by atoms with Crippen LogP contribution in [0.3, 0.4) is 0 Å². The fourth-order valence-corrected chi connectivity index (χ4v) is 5.33. The lowest BCUT2D eigenvalue weighted by Crippen LogP contribution is -2.28. The Morgan fingerprint density at radius 2 is 1.93 bits per heavy atom. The monoisotopic (exact) mass is 427 g/mol. The first kappa shape index (κ1) is 19.8. The van der Waals surface area contributed by atoms with Crippen LogP contribution in [0.4, 0.5) is 5.69 Å². The van der Waals surface area contributed by atoms with Crippen molar-refractivity contribution in [3.63, 3.8) is 0 Å². The van der Waals surface area contributed by atoms with Crippen molar-refractivity contribution in [2.45, 2.75) is 26.3 Å². The minimum atomic E-state index is -3.52. The summed E-state index contributed by atoms with van der Waals surface area (Å²) in [4.78, 5) is 0.925. The summed E-state index contributed by atoms with van der Waals surface area (Å²) < 4.78 is 52.3. The molecule has 3 rings (SSSR count). The lowest BCUT2D eigenvalue weighted by molar-refractivity contribution is 0.376. The van der Waals surface area contributed by atoms with Crippen LogP contribution in [-0.2, 0) is 20.0 Å². The van der Waals surface area contributed by atoms with Crippen LogP contribution in [0.15, 0.2) is 46.9 Å². The quantitative estimate of drug-likeness (QED) is 0.735. The van der Waals surface area contributed by atoms with Gasteiger partial charge in [-0.1, -0.05) is 18.2 Å². The molecule has 1 N–H and O–H groups in total. The smallest absolute Gasteiger partial charge is 0.250 e. The average Bonchev–Trinajstić information content (AvgIpc) is 3.31. The summed E-state index contributed by atoms with van der Waals surface area (Å²) in [6.45, 7) is 3.15. The number of sulfonamides is 2. The van der Waals surface area contributed by atoms with Gasteiger partial charge in [0.05, 0.1) is 17.2 Å². The second kappa shape index (κ2) is 7.61. The first-order chi connectivity index (χ1) is 12.8. The minimum absolute atomic E-state index is 0.0266. The number of hydrazone groups is 1. The third-order valence-corrected chi connectivity index (χ3v) is 8.16. The number of rotatable bonds is 7. The molecule has 1 atom stereocenters. The van der Waals surface area contributed by atoms with E-state index in [9.17, 15) is 16.8 Å². The van der Waals surface area contributed by atoms with E-state index >= 15 is 0 Å². The van der Waals surface area contributed by atoms with E-state index in [0.717, 1.165) is 4.88 Å². The highest BCUT2D eigenvalue weighted by molar-refractivity contribution is 7.92. The minimum Gasteiger partial charge on any atom is -0.284 e. The molecular formula is C17H21N3O4S3. The van der Waals surface area contributed by atoms with Gasteiger partial charge in [0.2, 0.25) is 20.0 Å². The van der Waals surface area contributed by atoms with Gasteiger partial charge in [0, 0.05) is 17.0 Å². The first-order valence-electron chi connectivity index (χ1n) is 8.49. The van der Waals surface area contributed by atoms with Crippen molar-refractivity contribution in [3.8, 4) is 0 Å². The molecule has 2 heterocycles. The average molecular weight is 428 g/mol. The molecule has 0 fully saturated rings. The summed E-state index contributed by atoms with van der Waals surface area (Å²) in [6.07, 6.45) is 0.434. The first-order valence-corrected chi connectivity index (χ1v) is 12.6. The molecule has 1 aliphatic rings. The van der Waals surface area contributed by atoms with E-state index in [1.54, 1.807) is 38.1 Å². The Bertz CT molecular complexity index is 1040. The van der Waals surface area contributed by atoms with Crippen LogP contribution in [0.5, 0.6) is 0 Å². The van der Waals surface area contributed by atoms with Crippen molar-refractivity contribution in [1.82, 2.24) is 4.41 Å². The van der Waals surface area contributed by atoms with Gasteiger partial charge in [0.25, 0.3) is 0 Å². The van der Waals surface area contributed by atoms with Crippen LogP contribution in [0.2, 0.25) is 0 Å². The summed E-state index contributed by atoms with van der Waals surface area (Å²) in [7, 11) is -6.91. The molecule has 1 aromatic heterocycles. The van der Waals surface area contributed by atoms with E-state index in [2.05, 4.69) is 9.82 Å². The number of nitrogens with zero attached hydrogens (tertiary/aromatic N) is 2. The van der Waals surface area contributed by atoms with Crippen molar-refractivity contribution in [2.75, 3.05) is 16.2 Å². The highest BCUT2D eigenvalue weighted by Crippen LogP contribution is 2.37. The molecule has 1 aromatic carbocycles. The number of thiophene rings is 1. The molecule has 7 nitrogen and oxygen atoms in total. The van der Waals surface area contributed by atoms with Crippen molar-refractivity contribution in [3.05, 3.63) is 52.2 Å². The maximum atomic E-state index is 12.5. The summed E-state index contributed by atoms with van der Waals surface area (Å²) in [6, 6.07) is 10.3. The molecule has 0 amide bonds. The lowest BCUT2D eigenvalue weighted by Gasteiger charge is -2.21. The van der Waals surface area contributed by atoms with Crippen LogP contribution in [0.25, 0.3) is 0 Å². The highest BCUT2D eigenvalue weighted by Gasteiger charge is 2.36. The lowest BCUT2D eigenvalue weighted by atomic mass is 10.0. The number of hydrogen-bond donors (Lipinski definition) is 1. The zero-order chi connectivity index (χ0) is 19.7. The third kappa shape index (κ3) is 4.33. The Morgan fingerprint density at radius 1 is 1.15 bits per heavy atom. The van der Waals surface area contributed by atoms with E-state index < -0.39 is 20.0 Å². The van der Waals surface area contributed by atoms with Crippen molar-refractivity contribution in [2.24, 2.45) is 5.10 Å². The molecule has 1 aliphatic heterocycles. The fourth-order valence-electron chi connectivity index (χ4n) is 2.76. The van der Waals surface area contributed by atoms with Gasteiger partial charge >= 0.3 is 0 Å². The Labute approximate surface area is 163 Å². The highest BCUT2D eigenvalue weighted by atomic mass is 32.2. The Balaban J connectivity index is 1.96. The van der Waals surface area contributed by atoms with E-state index in [-0.39, 0.29) is 17.5 Å². The summed E-state index contributed by atoms with van der Waals surface area (Å²) in [5, 5.41) is 6.29. The zero-order valence-corrected chi connectivity index (χ0v) is 17.4. The van der Waals surface area contributed by atoms with E-state index in [1.165, 1.54) is 15.8 Å². The molecule has 2 aromatic rings. The molecule has 0 unspecified atom stereocenters. The Morgan fingerprint density at radius 3 is 2.56 bits per heavy atom. The van der Waals surface area contributed by atoms with Gasteiger partial charge in [-0.05, 0) is 43.0 Å². The SMILES string of the molecule is CCS(=O)(=O)Nc1cccc(C2=NN(S(=O)(=O)CC)[C@@H](c3cccs3)C2)c1. The topological polar surface area (TPSA) is 95.9 Å². The van der Waals surface area contributed by atoms with Crippen molar-refractivity contribution < 1.29 is 16.8 Å². The molecular weight excluding hydrogens is 406 g/mol. The fraction of sp³-hybridized carbons (Fsp3) is 0.353. The van der Waals surface area contributed by atoms with Crippen molar-refractivity contribution in [1.29, 1.82) is 0 Å². The molecule has 0 spiro atoms. The molecule has 0 aliphatic carbocycles. The molecule has 0 radical (unpaired) electrons. The summed E-state index contributed by atoms with van der Waals surface area (Å²) >= 11 is 1.49. The third-order valence-electron chi connectivity index (χ3n) is 4.24. The Hall–Kier alpha value is -1.91. The standard InChI is InChI=1S/C17H21N3O4S3/c1-3-26(21,22)19-14-8-5-7-13(11-14)15-12-16(17-9-6-10-25-17)20(18-15)27(23,24)4-2/h5-11,16,19H,3-4,12H2,1-2H3/t16-/m1/s1. The number of nitrogens with one attached hydrogen (secondary N) is 1. The molecule has 0 bridgehead atoms. The van der Waals surface area contributed by atoms with Gasteiger partial charge in [-0.3, -0.25) is 4.72 Å². The molecule has 27 heavy (non-hydrogen) atoms. The molecule has 10 heteroatoms. The van der Waals surface area contributed by atoms with Gasteiger partial charge in [0.15, 0.2) is 0 Å². The summed E-state index contributed by atoms with van der Waals surface area (Å²) in [5.74, 6) is -0.0663. The second-order valence-electron chi connectivity index (χ2n) is 6.04. The number of hydrogen-bond acceptors (Lipinski definition) is 6.